The van der Waals surface area contributed by atoms with Gasteiger partial charge in [-0.25, -0.2) is 4.79 Å². The van der Waals surface area contributed by atoms with Crippen molar-refractivity contribution in [1.82, 2.24) is 10.2 Å². The van der Waals surface area contributed by atoms with Gasteiger partial charge in [0, 0.05) is 19.1 Å². The maximum absolute atomic E-state index is 12.4. The molecule has 1 aromatic rings. The number of carbonyl (C=O) groups excluding carboxylic acids is 1. The van der Waals surface area contributed by atoms with Crippen LogP contribution in [0.15, 0.2) is 30.3 Å². The fourth-order valence-corrected chi connectivity index (χ4v) is 3.95. The van der Waals surface area contributed by atoms with E-state index in [0.717, 1.165) is 37.9 Å². The van der Waals surface area contributed by atoms with Gasteiger partial charge in [0.1, 0.15) is 0 Å². The molecule has 1 saturated heterocycles. The number of nitrogens with one attached hydrogen (secondary N) is 1. The van der Waals surface area contributed by atoms with Gasteiger partial charge in [-0.3, -0.25) is 0 Å². The molecule has 0 aromatic heterocycles. The lowest BCUT2D eigenvalue weighted by atomic mass is 9.87. The number of piperidine rings is 1. The van der Waals surface area contributed by atoms with Crippen LogP contribution in [0.1, 0.15) is 50.7 Å². The van der Waals surface area contributed by atoms with Crippen LogP contribution in [0.25, 0.3) is 0 Å². The molecule has 2 aliphatic rings. The zero-order valence-corrected chi connectivity index (χ0v) is 13.9. The highest BCUT2D eigenvalue weighted by atomic mass is 16.3. The third-order valence-electron chi connectivity index (χ3n) is 5.58. The Morgan fingerprint density at radius 2 is 1.87 bits per heavy atom. The molecule has 0 bridgehead atoms. The Kier molecular flexibility index (Phi) is 5.21. The summed E-state index contributed by atoms with van der Waals surface area (Å²) < 4.78 is 0. The fourth-order valence-electron chi connectivity index (χ4n) is 3.95. The number of aliphatic hydroxyl groups is 1. The summed E-state index contributed by atoms with van der Waals surface area (Å²) in [5.41, 5.74) is 0.982. The van der Waals surface area contributed by atoms with Crippen LogP contribution in [0.5, 0.6) is 0 Å². The van der Waals surface area contributed by atoms with Crippen LogP contribution in [0.3, 0.4) is 0 Å². The van der Waals surface area contributed by atoms with Crippen LogP contribution < -0.4 is 5.32 Å². The van der Waals surface area contributed by atoms with Crippen molar-refractivity contribution in [3.63, 3.8) is 0 Å². The second kappa shape index (κ2) is 7.35. The molecule has 3 rings (SSSR count). The number of aliphatic hydroxyl groups excluding tert-OH is 1. The van der Waals surface area contributed by atoms with Crippen molar-refractivity contribution in [2.75, 3.05) is 13.1 Å². The summed E-state index contributed by atoms with van der Waals surface area (Å²) in [7, 11) is 0. The quantitative estimate of drug-likeness (QED) is 0.898. The first-order valence-corrected chi connectivity index (χ1v) is 8.93. The Morgan fingerprint density at radius 1 is 1.17 bits per heavy atom. The van der Waals surface area contributed by atoms with E-state index in [1.54, 1.807) is 0 Å². The molecule has 0 spiro atoms. The lowest BCUT2D eigenvalue weighted by Crippen LogP contribution is -2.48. The Bertz CT molecular complexity index is 511. The third-order valence-corrected chi connectivity index (χ3v) is 5.58. The third kappa shape index (κ3) is 3.86. The average Bonchev–Trinajstić information content (AvgIpc) is 3.00. The van der Waals surface area contributed by atoms with Gasteiger partial charge in [-0.05, 0) is 43.1 Å². The number of rotatable bonds is 3. The van der Waals surface area contributed by atoms with Gasteiger partial charge in [0.15, 0.2) is 0 Å². The second-order valence-electron chi connectivity index (χ2n) is 7.14. The number of urea groups is 1. The number of benzene rings is 1. The number of nitrogens with zero attached hydrogens (tertiary/aromatic N) is 1. The monoisotopic (exact) mass is 316 g/mol. The Hall–Kier alpha value is -1.55. The summed E-state index contributed by atoms with van der Waals surface area (Å²) in [6.07, 6.45) is 4.85. The highest BCUT2D eigenvalue weighted by Crippen LogP contribution is 2.31. The maximum Gasteiger partial charge on any atom is 0.317 e. The first kappa shape index (κ1) is 16.3. The molecule has 3 atom stereocenters. The molecular formula is C19H28N2O2. The van der Waals surface area contributed by atoms with E-state index in [4.69, 9.17) is 0 Å². The van der Waals surface area contributed by atoms with Gasteiger partial charge in [0.05, 0.1) is 6.10 Å². The second-order valence-corrected chi connectivity index (χ2v) is 7.14. The van der Waals surface area contributed by atoms with Crippen molar-refractivity contribution in [3.05, 3.63) is 35.9 Å². The summed E-state index contributed by atoms with van der Waals surface area (Å²) in [4.78, 5) is 14.3. The van der Waals surface area contributed by atoms with E-state index in [9.17, 15) is 9.90 Å². The fraction of sp³-hybridized carbons (Fsp3) is 0.632. The highest BCUT2D eigenvalue weighted by Gasteiger charge is 2.30. The molecule has 1 saturated carbocycles. The normalized spacial score (nSPS) is 27.0. The van der Waals surface area contributed by atoms with Gasteiger partial charge in [0.2, 0.25) is 0 Å². The average molecular weight is 316 g/mol. The van der Waals surface area contributed by atoms with E-state index >= 15 is 0 Å². The molecule has 23 heavy (non-hydrogen) atoms. The van der Waals surface area contributed by atoms with E-state index in [1.807, 2.05) is 35.2 Å². The molecule has 1 aliphatic heterocycles. The maximum atomic E-state index is 12.4. The van der Waals surface area contributed by atoms with Crippen molar-refractivity contribution in [3.8, 4) is 0 Å². The van der Waals surface area contributed by atoms with Crippen LogP contribution in [0.2, 0.25) is 0 Å². The summed E-state index contributed by atoms with van der Waals surface area (Å²) in [5.74, 6) is 0.836. The standard InChI is InChI=1S/C19H28N2O2/c1-14-6-5-9-17(14)20-19(23)21-12-10-16(11-13-21)18(22)15-7-3-2-4-8-15/h2-4,7-8,14,16-18,22H,5-6,9-13H2,1H3,(H,20,23). The molecule has 1 aromatic carbocycles. The number of carbonyl (C=O) groups is 1. The predicted molar refractivity (Wildman–Crippen MR) is 91.0 cm³/mol. The van der Waals surface area contributed by atoms with Crippen molar-refractivity contribution in [1.29, 1.82) is 0 Å². The van der Waals surface area contributed by atoms with Crippen LogP contribution in [-0.2, 0) is 0 Å². The molecule has 3 unspecified atom stereocenters. The Balaban J connectivity index is 1.49. The molecular weight excluding hydrogens is 288 g/mol. The number of amides is 2. The van der Waals surface area contributed by atoms with Crippen molar-refractivity contribution in [2.45, 2.75) is 51.2 Å². The van der Waals surface area contributed by atoms with Crippen molar-refractivity contribution >= 4 is 6.03 Å². The Morgan fingerprint density at radius 3 is 2.48 bits per heavy atom. The lowest BCUT2D eigenvalue weighted by Gasteiger charge is -2.35. The minimum absolute atomic E-state index is 0.0800. The van der Waals surface area contributed by atoms with Crippen molar-refractivity contribution < 1.29 is 9.90 Å². The van der Waals surface area contributed by atoms with E-state index in [-0.39, 0.29) is 11.9 Å². The molecule has 4 nitrogen and oxygen atoms in total. The first-order chi connectivity index (χ1) is 11.1. The molecule has 2 fully saturated rings. The smallest absolute Gasteiger partial charge is 0.317 e. The first-order valence-electron chi connectivity index (χ1n) is 8.93. The molecule has 2 N–H and O–H groups in total. The topological polar surface area (TPSA) is 52.6 Å². The van der Waals surface area contributed by atoms with Crippen LogP contribution >= 0.6 is 0 Å². The summed E-state index contributed by atoms with van der Waals surface area (Å²) in [6.45, 7) is 3.70. The van der Waals surface area contributed by atoms with Gasteiger partial charge >= 0.3 is 6.03 Å². The zero-order chi connectivity index (χ0) is 16.2. The van der Waals surface area contributed by atoms with Gasteiger partial charge in [-0.15, -0.1) is 0 Å². The number of likely N-dealkylation sites (tertiary alicyclic amines) is 1. The van der Waals surface area contributed by atoms with E-state index in [0.29, 0.717) is 12.0 Å². The van der Waals surface area contributed by atoms with Crippen LogP contribution in [-0.4, -0.2) is 35.2 Å². The van der Waals surface area contributed by atoms with Gasteiger partial charge < -0.3 is 15.3 Å². The number of hydrogen-bond donors (Lipinski definition) is 2. The molecule has 1 heterocycles. The van der Waals surface area contributed by atoms with E-state index < -0.39 is 6.10 Å². The molecule has 126 valence electrons. The van der Waals surface area contributed by atoms with Crippen LogP contribution in [0, 0.1) is 11.8 Å². The van der Waals surface area contributed by atoms with Crippen molar-refractivity contribution in [2.24, 2.45) is 11.8 Å². The SMILES string of the molecule is CC1CCCC1NC(=O)N1CCC(C(O)c2ccccc2)CC1. The summed E-state index contributed by atoms with van der Waals surface area (Å²) in [6, 6.07) is 10.3. The molecule has 0 radical (unpaired) electrons. The zero-order valence-electron chi connectivity index (χ0n) is 13.9. The van der Waals surface area contributed by atoms with E-state index in [2.05, 4.69) is 12.2 Å². The van der Waals surface area contributed by atoms with Crippen LogP contribution in [0.4, 0.5) is 4.79 Å². The van der Waals surface area contributed by atoms with Gasteiger partial charge in [0.25, 0.3) is 0 Å². The largest absolute Gasteiger partial charge is 0.388 e. The summed E-state index contributed by atoms with van der Waals surface area (Å²) >= 11 is 0. The van der Waals surface area contributed by atoms with E-state index in [1.165, 1.54) is 12.8 Å². The lowest BCUT2D eigenvalue weighted by molar-refractivity contribution is 0.0659. The van der Waals surface area contributed by atoms with Gasteiger partial charge in [-0.2, -0.15) is 0 Å². The number of hydrogen-bond acceptors (Lipinski definition) is 2. The Labute approximate surface area is 138 Å². The molecule has 1 aliphatic carbocycles. The minimum Gasteiger partial charge on any atom is -0.388 e. The molecule has 2 amide bonds. The predicted octanol–water partition coefficient (Wildman–Crippen LogP) is 3.33. The highest BCUT2D eigenvalue weighted by molar-refractivity contribution is 5.74. The summed E-state index contributed by atoms with van der Waals surface area (Å²) in [5, 5.41) is 13.7. The molecule has 4 heteroatoms. The van der Waals surface area contributed by atoms with Gasteiger partial charge in [-0.1, -0.05) is 43.7 Å². The minimum atomic E-state index is -0.420.